The van der Waals surface area contributed by atoms with E-state index >= 15 is 0 Å². The third-order valence-electron chi connectivity index (χ3n) is 4.04. The summed E-state index contributed by atoms with van der Waals surface area (Å²) >= 11 is 0. The molecule has 3 aromatic rings. The van der Waals surface area contributed by atoms with Crippen molar-refractivity contribution in [2.45, 2.75) is 13.1 Å². The third-order valence-corrected chi connectivity index (χ3v) is 4.04. The molecule has 2 heterocycles. The van der Waals surface area contributed by atoms with Crippen LogP contribution in [-0.4, -0.2) is 26.6 Å². The monoisotopic (exact) mass is 414 g/mol. The Bertz CT molecular complexity index is 1130. The van der Waals surface area contributed by atoms with Crippen LogP contribution in [0, 0.1) is 5.41 Å². The smallest absolute Gasteiger partial charge is 0.383 e. The van der Waals surface area contributed by atoms with E-state index < -0.39 is 11.7 Å². The van der Waals surface area contributed by atoms with Gasteiger partial charge in [0.15, 0.2) is 5.82 Å². The van der Waals surface area contributed by atoms with Crippen LogP contribution >= 0.6 is 0 Å². The molecule has 0 saturated heterocycles. The number of benzene rings is 1. The Kier molecular flexibility index (Phi) is 5.67. The first-order valence-electron chi connectivity index (χ1n) is 8.66. The number of H-pyrrole nitrogens is 1. The quantitative estimate of drug-likeness (QED) is 0.470. The van der Waals surface area contributed by atoms with E-state index in [1.54, 1.807) is 0 Å². The van der Waals surface area contributed by atoms with Gasteiger partial charge in [0.1, 0.15) is 11.6 Å². The Morgan fingerprint density at radius 2 is 2.07 bits per heavy atom. The minimum Gasteiger partial charge on any atom is -0.383 e. The number of hydrogen-bond acceptors (Lipinski definition) is 5. The van der Waals surface area contributed by atoms with Crippen molar-refractivity contribution in [3.63, 3.8) is 0 Å². The standard InChI is InChI=1S/C20H17F3N6O/c1-11(30)28-18-10-26-17(29-18)6-5-16(24)13-8-15(19(25)27-9-13)12-3-2-4-14(7-12)20(21,22)23/h2-10,24H,1H3,(H2,25,27)(H,26,29)(H,28,30)/b6-5-,24-16?. The number of nitrogen functional groups attached to an aromatic ring is 1. The fourth-order valence-corrected chi connectivity index (χ4v) is 2.64. The van der Waals surface area contributed by atoms with E-state index in [0.29, 0.717) is 22.8 Å². The molecule has 1 aromatic carbocycles. The minimum absolute atomic E-state index is 0.0493. The summed E-state index contributed by atoms with van der Waals surface area (Å²) in [6.07, 6.45) is 1.35. The summed E-state index contributed by atoms with van der Waals surface area (Å²) in [6.45, 7) is 1.36. The maximum Gasteiger partial charge on any atom is 0.416 e. The zero-order chi connectivity index (χ0) is 21.9. The number of allylic oxidation sites excluding steroid dienone is 1. The molecule has 0 fully saturated rings. The molecule has 0 aliphatic carbocycles. The van der Waals surface area contributed by atoms with Crippen LogP contribution in [0.1, 0.15) is 23.9 Å². The van der Waals surface area contributed by atoms with Crippen molar-refractivity contribution in [1.29, 1.82) is 5.41 Å². The van der Waals surface area contributed by atoms with Crippen LogP contribution in [0.3, 0.4) is 0 Å². The van der Waals surface area contributed by atoms with Crippen LogP contribution in [-0.2, 0) is 11.0 Å². The van der Waals surface area contributed by atoms with Gasteiger partial charge in [0.05, 0.1) is 11.3 Å². The lowest BCUT2D eigenvalue weighted by molar-refractivity contribution is -0.137. The van der Waals surface area contributed by atoms with Gasteiger partial charge in [0.25, 0.3) is 0 Å². The fraction of sp³-hybridized carbons (Fsp3) is 0.100. The number of rotatable bonds is 5. The van der Waals surface area contributed by atoms with Gasteiger partial charge >= 0.3 is 6.18 Å². The topological polar surface area (TPSA) is 121 Å². The normalized spacial score (nSPS) is 11.6. The highest BCUT2D eigenvalue weighted by Crippen LogP contribution is 2.33. The summed E-state index contributed by atoms with van der Waals surface area (Å²) in [4.78, 5) is 22.0. The molecule has 0 atom stereocenters. The van der Waals surface area contributed by atoms with Crippen LogP contribution in [0.15, 0.2) is 48.8 Å². The number of aromatic amines is 1. The Hall–Kier alpha value is -3.95. The molecule has 1 amide bonds. The van der Waals surface area contributed by atoms with E-state index in [1.165, 1.54) is 49.7 Å². The molecule has 30 heavy (non-hydrogen) atoms. The number of halogens is 3. The molecule has 0 spiro atoms. The largest absolute Gasteiger partial charge is 0.416 e. The zero-order valence-corrected chi connectivity index (χ0v) is 15.7. The van der Waals surface area contributed by atoms with Crippen molar-refractivity contribution >= 4 is 29.3 Å². The van der Waals surface area contributed by atoms with Crippen molar-refractivity contribution in [1.82, 2.24) is 15.0 Å². The van der Waals surface area contributed by atoms with Crippen LogP contribution in [0.2, 0.25) is 0 Å². The van der Waals surface area contributed by atoms with Crippen LogP contribution in [0.25, 0.3) is 17.2 Å². The number of carbonyl (C=O) groups is 1. The summed E-state index contributed by atoms with van der Waals surface area (Å²) in [7, 11) is 0. The molecule has 2 aromatic heterocycles. The van der Waals surface area contributed by atoms with Gasteiger partial charge in [-0.05, 0) is 35.9 Å². The first kappa shape index (κ1) is 20.8. The average Bonchev–Trinajstić information content (AvgIpc) is 3.12. The maximum atomic E-state index is 13.0. The third kappa shape index (κ3) is 4.90. The number of amides is 1. The Morgan fingerprint density at radius 1 is 1.30 bits per heavy atom. The lowest BCUT2D eigenvalue weighted by Gasteiger charge is -2.11. The van der Waals surface area contributed by atoms with E-state index in [9.17, 15) is 18.0 Å². The van der Waals surface area contributed by atoms with Crippen LogP contribution in [0.4, 0.5) is 24.8 Å². The number of pyridine rings is 1. The predicted octanol–water partition coefficient (Wildman–Crippen LogP) is 4.11. The van der Waals surface area contributed by atoms with Gasteiger partial charge in [-0.15, -0.1) is 0 Å². The molecule has 0 unspecified atom stereocenters. The van der Waals surface area contributed by atoms with Crippen molar-refractivity contribution in [3.05, 3.63) is 65.8 Å². The second kappa shape index (κ2) is 8.19. The van der Waals surface area contributed by atoms with Crippen molar-refractivity contribution in [2.24, 2.45) is 0 Å². The highest BCUT2D eigenvalue weighted by Gasteiger charge is 2.30. The predicted molar refractivity (Wildman–Crippen MR) is 108 cm³/mol. The molecule has 0 aliphatic heterocycles. The number of carbonyl (C=O) groups excluding carboxylic acids is 1. The highest BCUT2D eigenvalue weighted by atomic mass is 19.4. The van der Waals surface area contributed by atoms with Gasteiger partial charge in [0, 0.05) is 30.4 Å². The van der Waals surface area contributed by atoms with E-state index in [1.807, 2.05) is 0 Å². The number of anilines is 2. The minimum atomic E-state index is -4.48. The molecule has 0 bridgehead atoms. The first-order valence-corrected chi connectivity index (χ1v) is 8.66. The lowest BCUT2D eigenvalue weighted by Crippen LogP contribution is -2.05. The second-order valence-corrected chi connectivity index (χ2v) is 6.33. The van der Waals surface area contributed by atoms with E-state index in [4.69, 9.17) is 11.1 Å². The molecule has 3 rings (SSSR count). The van der Waals surface area contributed by atoms with Gasteiger partial charge in [0.2, 0.25) is 5.91 Å². The van der Waals surface area contributed by atoms with Crippen molar-refractivity contribution < 1.29 is 18.0 Å². The van der Waals surface area contributed by atoms with Crippen LogP contribution in [0.5, 0.6) is 0 Å². The maximum absolute atomic E-state index is 13.0. The Balaban J connectivity index is 1.85. The summed E-state index contributed by atoms with van der Waals surface area (Å²) in [6, 6.07) is 6.26. The Labute approximate surface area is 169 Å². The summed E-state index contributed by atoms with van der Waals surface area (Å²) in [5.41, 5.74) is 6.01. The van der Waals surface area contributed by atoms with Crippen LogP contribution < -0.4 is 11.1 Å². The molecule has 0 saturated carbocycles. The average molecular weight is 414 g/mol. The lowest BCUT2D eigenvalue weighted by atomic mass is 10.0. The molecule has 7 nitrogen and oxygen atoms in total. The highest BCUT2D eigenvalue weighted by molar-refractivity contribution is 6.09. The van der Waals surface area contributed by atoms with E-state index in [-0.39, 0.29) is 23.0 Å². The second-order valence-electron chi connectivity index (χ2n) is 6.33. The number of hydrogen-bond donors (Lipinski definition) is 4. The SMILES string of the molecule is CC(=O)Nc1c[nH]c(/C=C\C(=N)c2cnc(N)c(-c3cccc(C(F)(F)F)c3)c2)n1. The zero-order valence-electron chi connectivity index (χ0n) is 15.7. The number of nitrogens with one attached hydrogen (secondary N) is 3. The number of nitrogens with zero attached hydrogens (tertiary/aromatic N) is 2. The number of nitrogens with two attached hydrogens (primary N) is 1. The number of alkyl halides is 3. The van der Waals surface area contributed by atoms with E-state index in [0.717, 1.165) is 12.1 Å². The molecule has 154 valence electrons. The van der Waals surface area contributed by atoms with Crippen molar-refractivity contribution in [3.8, 4) is 11.1 Å². The molecular weight excluding hydrogens is 397 g/mol. The summed E-state index contributed by atoms with van der Waals surface area (Å²) in [5, 5.41) is 10.7. The summed E-state index contributed by atoms with van der Waals surface area (Å²) in [5.74, 6) is 0.542. The van der Waals surface area contributed by atoms with Gasteiger partial charge in [-0.1, -0.05) is 12.1 Å². The fourth-order valence-electron chi connectivity index (χ4n) is 2.64. The van der Waals surface area contributed by atoms with Gasteiger partial charge in [-0.3, -0.25) is 4.79 Å². The summed E-state index contributed by atoms with van der Waals surface area (Å²) < 4.78 is 39.0. The first-order chi connectivity index (χ1) is 14.1. The molecule has 0 radical (unpaired) electrons. The van der Waals surface area contributed by atoms with Crippen molar-refractivity contribution in [2.75, 3.05) is 11.1 Å². The number of imidazole rings is 1. The van der Waals surface area contributed by atoms with E-state index in [2.05, 4.69) is 20.3 Å². The molecule has 10 heteroatoms. The van der Waals surface area contributed by atoms with Gasteiger partial charge in [-0.2, -0.15) is 13.2 Å². The molecular formula is C20H17F3N6O. The molecule has 5 N–H and O–H groups in total. The van der Waals surface area contributed by atoms with Gasteiger partial charge in [-0.25, -0.2) is 9.97 Å². The molecule has 0 aliphatic rings. The number of aromatic nitrogens is 3. The van der Waals surface area contributed by atoms with Gasteiger partial charge < -0.3 is 21.4 Å². The Morgan fingerprint density at radius 3 is 2.77 bits per heavy atom.